The third-order valence-corrected chi connectivity index (χ3v) is 11.1. The van der Waals surface area contributed by atoms with Crippen molar-refractivity contribution in [1.82, 2.24) is 4.57 Å². The van der Waals surface area contributed by atoms with Crippen LogP contribution in [0.2, 0.25) is 0 Å². The third-order valence-electron chi connectivity index (χ3n) is 7.25. The van der Waals surface area contributed by atoms with Crippen LogP contribution in [-0.2, 0) is 17.2 Å². The van der Waals surface area contributed by atoms with Crippen LogP contribution in [0.15, 0.2) is 140 Å². The third kappa shape index (κ3) is 7.49. The number of aryl methyl sites for hydroxylation is 1. The van der Waals surface area contributed by atoms with Crippen LogP contribution in [-0.4, -0.2) is 23.0 Å². The van der Waals surface area contributed by atoms with Gasteiger partial charge in [-0.15, -0.1) is 0 Å². The van der Waals surface area contributed by atoms with E-state index in [0.29, 0.717) is 0 Å². The second kappa shape index (κ2) is 13.9. The van der Waals surface area contributed by atoms with Crippen LogP contribution in [0.25, 0.3) is 10.9 Å². The maximum absolute atomic E-state index is 10.7. The van der Waals surface area contributed by atoms with Gasteiger partial charge in [0.1, 0.15) is 0 Å². The first-order chi connectivity index (χ1) is 21.5. The number of nitrogens with zero attached hydrogens (tertiary/aromatic N) is 1. The molecule has 0 aliphatic heterocycles. The molecule has 0 spiro atoms. The van der Waals surface area contributed by atoms with Crippen LogP contribution in [0.4, 0.5) is 13.2 Å². The molecule has 6 rings (SSSR count). The van der Waals surface area contributed by atoms with Crippen molar-refractivity contribution in [1.29, 1.82) is 0 Å². The predicted molar refractivity (Wildman–Crippen MR) is 186 cm³/mol. The first-order valence-corrected chi connectivity index (χ1v) is 17.6. The number of halogens is 4. The second-order valence-corrected chi connectivity index (χ2v) is 15.0. The standard InChI is InChI=1S/C34H27INP.CHF3O3S/c1-36-24-31(29-16-8-10-18-32(29)36)34(25-20-22-26(35)23-21-25)30-17-9-11-19-33(30)37(27-12-4-2-5-13-27)28-14-6-3-7-15-28;2-1(3,4)8(5,6)7/h2-24,34H,1H3;(H,5,6,7). The van der Waals surface area contributed by atoms with Gasteiger partial charge in [-0.3, -0.25) is 4.55 Å². The Morgan fingerprint density at radius 3 is 1.76 bits per heavy atom. The zero-order valence-electron chi connectivity index (χ0n) is 23.9. The lowest BCUT2D eigenvalue weighted by Gasteiger charge is -2.27. The van der Waals surface area contributed by atoms with E-state index in [9.17, 15) is 13.2 Å². The molecular weight excluding hydrogens is 729 g/mol. The van der Waals surface area contributed by atoms with Crippen LogP contribution in [0.3, 0.4) is 0 Å². The van der Waals surface area contributed by atoms with Gasteiger partial charge in [0.25, 0.3) is 0 Å². The molecule has 45 heavy (non-hydrogen) atoms. The Bertz CT molecular complexity index is 1960. The van der Waals surface area contributed by atoms with Crippen LogP contribution >= 0.6 is 30.5 Å². The van der Waals surface area contributed by atoms with E-state index < -0.39 is 23.5 Å². The molecule has 0 fully saturated rings. The van der Waals surface area contributed by atoms with Gasteiger partial charge in [-0.25, -0.2) is 0 Å². The number of alkyl halides is 3. The van der Waals surface area contributed by atoms with Gasteiger partial charge in [-0.1, -0.05) is 115 Å². The highest BCUT2D eigenvalue weighted by Gasteiger charge is 2.44. The summed E-state index contributed by atoms with van der Waals surface area (Å²) in [6, 6.07) is 49.0. The van der Waals surface area contributed by atoms with Gasteiger partial charge in [0.05, 0.1) is 0 Å². The lowest BCUT2D eigenvalue weighted by molar-refractivity contribution is -0.0510. The second-order valence-electron chi connectivity index (χ2n) is 10.2. The molecule has 0 saturated carbocycles. The van der Waals surface area contributed by atoms with Crippen molar-refractivity contribution < 1.29 is 26.1 Å². The smallest absolute Gasteiger partial charge is 0.350 e. The van der Waals surface area contributed by atoms with E-state index in [-0.39, 0.29) is 5.92 Å². The molecule has 0 aliphatic rings. The highest BCUT2D eigenvalue weighted by Crippen LogP contribution is 2.42. The van der Waals surface area contributed by atoms with Gasteiger partial charge in [0, 0.05) is 33.6 Å². The molecule has 1 aromatic heterocycles. The molecule has 1 heterocycles. The fraction of sp³-hybridized carbons (Fsp3) is 0.0857. The minimum atomic E-state index is -5.84. The fourth-order valence-electron chi connectivity index (χ4n) is 5.30. The van der Waals surface area contributed by atoms with Crippen molar-refractivity contribution in [3.8, 4) is 0 Å². The summed E-state index contributed by atoms with van der Waals surface area (Å²) in [6.07, 6.45) is 2.33. The van der Waals surface area contributed by atoms with Crippen molar-refractivity contribution in [2.75, 3.05) is 0 Å². The molecule has 5 aromatic carbocycles. The minimum Gasteiger partial charge on any atom is -0.350 e. The molecule has 0 aliphatic carbocycles. The average Bonchev–Trinajstić information content (AvgIpc) is 3.35. The Morgan fingerprint density at radius 1 is 0.711 bits per heavy atom. The quantitative estimate of drug-likeness (QED) is 0.0809. The molecular formula is C35H28F3INO3PS. The highest BCUT2D eigenvalue weighted by molar-refractivity contribution is 14.1. The van der Waals surface area contributed by atoms with Gasteiger partial charge in [-0.05, 0) is 81.3 Å². The number of aromatic nitrogens is 1. The SMILES string of the molecule is Cn1cc(C(c2ccc(I)cc2)c2ccccc2P(c2ccccc2)c2ccccc2)c2ccccc21.O=S(=O)(O)C(F)(F)F. The monoisotopic (exact) mass is 757 g/mol. The van der Waals surface area contributed by atoms with Gasteiger partial charge < -0.3 is 4.57 Å². The Kier molecular flexibility index (Phi) is 10.1. The molecule has 4 nitrogen and oxygen atoms in total. The normalized spacial score (nSPS) is 12.5. The van der Waals surface area contributed by atoms with Gasteiger partial charge >= 0.3 is 15.6 Å². The predicted octanol–water partition coefficient (Wildman–Crippen LogP) is 8.12. The Labute approximate surface area is 275 Å². The first kappa shape index (κ1) is 32.9. The van der Waals surface area contributed by atoms with Crippen LogP contribution in [0.1, 0.15) is 22.6 Å². The number of hydrogen-bond acceptors (Lipinski definition) is 2. The van der Waals surface area contributed by atoms with Crippen LogP contribution in [0, 0.1) is 3.57 Å². The molecule has 0 radical (unpaired) electrons. The lowest BCUT2D eigenvalue weighted by Crippen LogP contribution is -2.25. The number of fused-ring (bicyclic) bond motifs is 1. The topological polar surface area (TPSA) is 59.3 Å². The fourth-order valence-corrected chi connectivity index (χ4v) is 8.15. The summed E-state index contributed by atoms with van der Waals surface area (Å²) in [5, 5.41) is 5.46. The number of para-hydroxylation sites is 1. The van der Waals surface area contributed by atoms with Crippen LogP contribution in [0.5, 0.6) is 0 Å². The molecule has 0 bridgehead atoms. The zero-order chi connectivity index (χ0) is 32.2. The van der Waals surface area contributed by atoms with Crippen molar-refractivity contribution in [3.05, 3.63) is 160 Å². The molecule has 6 aromatic rings. The molecule has 230 valence electrons. The summed E-state index contributed by atoms with van der Waals surface area (Å²) in [5.74, 6) is 0.122. The Morgan fingerprint density at radius 2 is 1.20 bits per heavy atom. The lowest BCUT2D eigenvalue weighted by atomic mass is 9.85. The summed E-state index contributed by atoms with van der Waals surface area (Å²) >= 11 is 2.40. The van der Waals surface area contributed by atoms with Crippen LogP contribution < -0.4 is 15.9 Å². The summed E-state index contributed by atoms with van der Waals surface area (Å²) in [7, 11) is -4.41. The molecule has 0 saturated heterocycles. The summed E-state index contributed by atoms with van der Waals surface area (Å²) in [5.41, 5.74) is -0.228. The van der Waals surface area contributed by atoms with Crippen molar-refractivity contribution in [3.63, 3.8) is 0 Å². The molecule has 1 N–H and O–H groups in total. The summed E-state index contributed by atoms with van der Waals surface area (Å²) in [6.45, 7) is 0. The highest BCUT2D eigenvalue weighted by atomic mass is 127. The van der Waals surface area contributed by atoms with E-state index in [4.69, 9.17) is 13.0 Å². The maximum Gasteiger partial charge on any atom is 0.522 e. The number of hydrogen-bond donors (Lipinski definition) is 1. The molecule has 10 heteroatoms. The molecule has 1 atom stereocenters. The van der Waals surface area contributed by atoms with E-state index in [2.05, 4.69) is 174 Å². The maximum atomic E-state index is 10.7. The first-order valence-electron chi connectivity index (χ1n) is 13.8. The minimum absolute atomic E-state index is 0.122. The average molecular weight is 758 g/mol. The Balaban J connectivity index is 0.000000444. The summed E-state index contributed by atoms with van der Waals surface area (Å²) < 4.78 is 61.1. The van der Waals surface area contributed by atoms with E-state index in [1.165, 1.54) is 47.1 Å². The number of rotatable bonds is 6. The Hall–Kier alpha value is -3.50. The largest absolute Gasteiger partial charge is 0.522 e. The van der Waals surface area contributed by atoms with Gasteiger partial charge in [-0.2, -0.15) is 21.6 Å². The van der Waals surface area contributed by atoms with Crippen molar-refractivity contribution >= 4 is 67.4 Å². The van der Waals surface area contributed by atoms with E-state index in [1.807, 2.05) is 0 Å². The van der Waals surface area contributed by atoms with Crippen molar-refractivity contribution in [2.24, 2.45) is 7.05 Å². The van der Waals surface area contributed by atoms with E-state index >= 15 is 0 Å². The number of benzene rings is 5. The van der Waals surface area contributed by atoms with Gasteiger partial charge in [0.15, 0.2) is 0 Å². The van der Waals surface area contributed by atoms with E-state index in [1.54, 1.807) is 0 Å². The van der Waals surface area contributed by atoms with E-state index in [0.717, 1.165) is 0 Å². The van der Waals surface area contributed by atoms with Gasteiger partial charge in [0.2, 0.25) is 0 Å². The zero-order valence-corrected chi connectivity index (χ0v) is 27.8. The summed E-state index contributed by atoms with van der Waals surface area (Å²) in [4.78, 5) is 0. The molecule has 1 unspecified atom stereocenters. The molecule has 0 amide bonds. The van der Waals surface area contributed by atoms with Crippen molar-refractivity contribution in [2.45, 2.75) is 11.4 Å².